The molecule has 0 aliphatic carbocycles. The summed E-state index contributed by atoms with van der Waals surface area (Å²) in [4.78, 5) is 14.2. The van der Waals surface area contributed by atoms with Crippen molar-refractivity contribution in [1.82, 2.24) is 20.4 Å². The van der Waals surface area contributed by atoms with E-state index < -0.39 is 0 Å². The highest BCUT2D eigenvalue weighted by molar-refractivity contribution is 6.29. The van der Waals surface area contributed by atoms with Gasteiger partial charge in [0.05, 0.1) is 0 Å². The summed E-state index contributed by atoms with van der Waals surface area (Å²) < 4.78 is 0. The number of nitrogens with one attached hydrogen (secondary N) is 1. The lowest BCUT2D eigenvalue weighted by Crippen LogP contribution is -2.39. The predicted octanol–water partition coefficient (Wildman–Crippen LogP) is 1.59. The first-order valence-corrected chi connectivity index (χ1v) is 7.03. The standard InChI is InChI=1S/C13H19ClN4O/c1-10-4-7-18(8-5-10)9-6-15-13(19)11-2-3-12(14)17-16-11/h2-3,10H,4-9H2,1H3,(H,15,19). The van der Waals surface area contributed by atoms with E-state index in [1.165, 1.54) is 12.8 Å². The highest BCUT2D eigenvalue weighted by Gasteiger charge is 2.15. The number of halogens is 1. The van der Waals surface area contributed by atoms with E-state index in [0.717, 1.165) is 25.6 Å². The molecule has 1 aliphatic rings. The molecule has 0 atom stereocenters. The Balaban J connectivity index is 1.70. The molecule has 1 aromatic rings. The van der Waals surface area contributed by atoms with Crippen LogP contribution in [0.2, 0.25) is 5.15 Å². The highest BCUT2D eigenvalue weighted by Crippen LogP contribution is 2.15. The minimum Gasteiger partial charge on any atom is -0.349 e. The number of aromatic nitrogens is 2. The Labute approximate surface area is 118 Å². The van der Waals surface area contributed by atoms with Crippen LogP contribution in [0.4, 0.5) is 0 Å². The Bertz CT molecular complexity index is 415. The third-order valence-corrected chi connectivity index (χ3v) is 3.66. The van der Waals surface area contributed by atoms with Gasteiger partial charge in [0.25, 0.3) is 5.91 Å². The van der Waals surface area contributed by atoms with E-state index in [1.54, 1.807) is 12.1 Å². The van der Waals surface area contributed by atoms with E-state index in [9.17, 15) is 4.79 Å². The molecule has 6 heteroatoms. The SMILES string of the molecule is CC1CCN(CCNC(=O)c2ccc(Cl)nn2)CC1. The molecule has 1 amide bonds. The number of carbonyl (C=O) groups is 1. The molecule has 0 unspecified atom stereocenters. The summed E-state index contributed by atoms with van der Waals surface area (Å²) in [6.45, 7) is 6.06. The summed E-state index contributed by atoms with van der Waals surface area (Å²) in [5.41, 5.74) is 0.302. The van der Waals surface area contributed by atoms with Crippen molar-refractivity contribution in [2.45, 2.75) is 19.8 Å². The van der Waals surface area contributed by atoms with Gasteiger partial charge in [-0.2, -0.15) is 0 Å². The lowest BCUT2D eigenvalue weighted by molar-refractivity contribution is 0.0938. The van der Waals surface area contributed by atoms with Crippen LogP contribution in [0.15, 0.2) is 12.1 Å². The average Bonchev–Trinajstić information content (AvgIpc) is 2.41. The number of amides is 1. The van der Waals surface area contributed by atoms with Crippen molar-refractivity contribution in [3.05, 3.63) is 23.0 Å². The lowest BCUT2D eigenvalue weighted by atomic mass is 9.99. The van der Waals surface area contributed by atoms with Gasteiger partial charge >= 0.3 is 0 Å². The molecule has 1 saturated heterocycles. The highest BCUT2D eigenvalue weighted by atomic mass is 35.5. The van der Waals surface area contributed by atoms with Gasteiger partial charge in [-0.3, -0.25) is 4.79 Å². The molecule has 2 rings (SSSR count). The maximum absolute atomic E-state index is 11.8. The number of nitrogens with zero attached hydrogens (tertiary/aromatic N) is 3. The summed E-state index contributed by atoms with van der Waals surface area (Å²) in [5, 5.41) is 10.5. The fourth-order valence-corrected chi connectivity index (χ4v) is 2.24. The summed E-state index contributed by atoms with van der Waals surface area (Å²) in [6, 6.07) is 3.14. The van der Waals surface area contributed by atoms with Crippen LogP contribution in [0, 0.1) is 5.92 Å². The normalized spacial score (nSPS) is 17.4. The van der Waals surface area contributed by atoms with E-state index in [0.29, 0.717) is 17.4 Å². The predicted molar refractivity (Wildman–Crippen MR) is 74.2 cm³/mol. The molecule has 1 fully saturated rings. The largest absolute Gasteiger partial charge is 0.349 e. The number of piperidine rings is 1. The van der Waals surface area contributed by atoms with Gasteiger partial charge in [0.15, 0.2) is 10.8 Å². The van der Waals surface area contributed by atoms with Crippen LogP contribution in [0.1, 0.15) is 30.3 Å². The van der Waals surface area contributed by atoms with Gasteiger partial charge in [-0.1, -0.05) is 18.5 Å². The molecule has 0 saturated carbocycles. The van der Waals surface area contributed by atoms with Crippen molar-refractivity contribution in [2.75, 3.05) is 26.2 Å². The second-order valence-corrected chi connectivity index (χ2v) is 5.41. The van der Waals surface area contributed by atoms with Gasteiger partial charge in [0, 0.05) is 13.1 Å². The molecular formula is C13H19ClN4O. The van der Waals surface area contributed by atoms with E-state index >= 15 is 0 Å². The zero-order valence-electron chi connectivity index (χ0n) is 11.1. The first-order chi connectivity index (χ1) is 9.15. The monoisotopic (exact) mass is 282 g/mol. The lowest BCUT2D eigenvalue weighted by Gasteiger charge is -2.30. The van der Waals surface area contributed by atoms with Gasteiger partial charge in [0.2, 0.25) is 0 Å². The second-order valence-electron chi connectivity index (χ2n) is 5.02. The summed E-state index contributed by atoms with van der Waals surface area (Å²) in [5.74, 6) is 0.629. The minimum absolute atomic E-state index is 0.199. The molecule has 0 radical (unpaired) electrons. The van der Waals surface area contributed by atoms with E-state index in [2.05, 4.69) is 27.3 Å². The molecule has 19 heavy (non-hydrogen) atoms. The van der Waals surface area contributed by atoms with Crippen LogP contribution in [-0.4, -0.2) is 47.2 Å². The molecule has 2 heterocycles. The van der Waals surface area contributed by atoms with E-state index in [-0.39, 0.29) is 5.91 Å². The van der Waals surface area contributed by atoms with Crippen LogP contribution in [-0.2, 0) is 0 Å². The molecule has 1 aromatic heterocycles. The average molecular weight is 283 g/mol. The van der Waals surface area contributed by atoms with Crippen LogP contribution in [0.3, 0.4) is 0 Å². The molecule has 5 nitrogen and oxygen atoms in total. The Hall–Kier alpha value is -1.20. The smallest absolute Gasteiger partial charge is 0.271 e. The first kappa shape index (κ1) is 14.2. The summed E-state index contributed by atoms with van der Waals surface area (Å²) in [7, 11) is 0. The number of hydrogen-bond acceptors (Lipinski definition) is 4. The van der Waals surface area contributed by atoms with Crippen molar-refractivity contribution in [2.24, 2.45) is 5.92 Å². The molecular weight excluding hydrogens is 264 g/mol. The summed E-state index contributed by atoms with van der Waals surface area (Å²) >= 11 is 5.62. The minimum atomic E-state index is -0.199. The fourth-order valence-electron chi connectivity index (χ4n) is 2.14. The number of rotatable bonds is 4. The van der Waals surface area contributed by atoms with Crippen molar-refractivity contribution < 1.29 is 4.79 Å². The zero-order valence-corrected chi connectivity index (χ0v) is 11.9. The number of carbonyl (C=O) groups excluding carboxylic acids is 1. The van der Waals surface area contributed by atoms with E-state index in [4.69, 9.17) is 11.6 Å². The molecule has 0 aromatic carbocycles. The Morgan fingerprint density at radius 2 is 2.16 bits per heavy atom. The third kappa shape index (κ3) is 4.44. The van der Waals surface area contributed by atoms with Crippen molar-refractivity contribution in [1.29, 1.82) is 0 Å². The Kier molecular flexibility index (Phi) is 5.10. The number of hydrogen-bond donors (Lipinski definition) is 1. The topological polar surface area (TPSA) is 58.1 Å². The van der Waals surface area contributed by atoms with Gasteiger partial charge in [0.1, 0.15) is 0 Å². The zero-order chi connectivity index (χ0) is 13.7. The van der Waals surface area contributed by atoms with Crippen LogP contribution in [0.25, 0.3) is 0 Å². The third-order valence-electron chi connectivity index (χ3n) is 3.45. The van der Waals surface area contributed by atoms with Crippen molar-refractivity contribution in [3.63, 3.8) is 0 Å². The summed E-state index contributed by atoms with van der Waals surface area (Å²) in [6.07, 6.45) is 2.49. The molecule has 1 N–H and O–H groups in total. The van der Waals surface area contributed by atoms with Gasteiger partial charge in [-0.15, -0.1) is 10.2 Å². The first-order valence-electron chi connectivity index (χ1n) is 6.65. The Morgan fingerprint density at radius 3 is 2.79 bits per heavy atom. The second kappa shape index (κ2) is 6.82. The van der Waals surface area contributed by atoms with Gasteiger partial charge < -0.3 is 10.2 Å². The van der Waals surface area contributed by atoms with Crippen molar-refractivity contribution in [3.8, 4) is 0 Å². The van der Waals surface area contributed by atoms with Crippen LogP contribution in [0.5, 0.6) is 0 Å². The molecule has 0 spiro atoms. The fraction of sp³-hybridized carbons (Fsp3) is 0.615. The van der Waals surface area contributed by atoms with Crippen molar-refractivity contribution >= 4 is 17.5 Å². The molecule has 1 aliphatic heterocycles. The maximum Gasteiger partial charge on any atom is 0.271 e. The molecule has 104 valence electrons. The van der Waals surface area contributed by atoms with Gasteiger partial charge in [-0.25, -0.2) is 0 Å². The van der Waals surface area contributed by atoms with E-state index in [1.807, 2.05) is 0 Å². The van der Waals surface area contributed by atoms with Crippen LogP contribution >= 0.6 is 11.6 Å². The number of likely N-dealkylation sites (tertiary alicyclic amines) is 1. The maximum atomic E-state index is 11.8. The van der Waals surface area contributed by atoms with Gasteiger partial charge in [-0.05, 0) is 44.0 Å². The Morgan fingerprint density at radius 1 is 1.42 bits per heavy atom. The quantitative estimate of drug-likeness (QED) is 0.911. The van der Waals surface area contributed by atoms with Crippen LogP contribution < -0.4 is 5.32 Å². The molecule has 0 bridgehead atoms.